The summed E-state index contributed by atoms with van der Waals surface area (Å²) < 4.78 is 1.59. The summed E-state index contributed by atoms with van der Waals surface area (Å²) in [6, 6.07) is 6.01. The Balaban J connectivity index is 1.96. The third-order valence-electron chi connectivity index (χ3n) is 4.69. The zero-order valence-electron chi connectivity index (χ0n) is 13.2. The number of aliphatic hydroxyl groups excluding tert-OH is 1. The lowest BCUT2D eigenvalue weighted by Crippen LogP contribution is -2.46. The molecule has 0 bridgehead atoms. The number of aryl methyl sites for hydroxylation is 1. The molecule has 2 atom stereocenters. The summed E-state index contributed by atoms with van der Waals surface area (Å²) in [7, 11) is 0. The van der Waals surface area contributed by atoms with Crippen LogP contribution in [0.5, 0.6) is 0 Å². The van der Waals surface area contributed by atoms with E-state index in [2.05, 4.69) is 16.8 Å². The quantitative estimate of drug-likeness (QED) is 0.938. The summed E-state index contributed by atoms with van der Waals surface area (Å²) >= 11 is 0. The summed E-state index contributed by atoms with van der Waals surface area (Å²) in [6.45, 7) is 4.93. The summed E-state index contributed by atoms with van der Waals surface area (Å²) in [5, 5.41) is 9.60. The highest BCUT2D eigenvalue weighted by Gasteiger charge is 2.27. The van der Waals surface area contributed by atoms with E-state index in [1.807, 2.05) is 19.1 Å². The van der Waals surface area contributed by atoms with Gasteiger partial charge in [0.1, 0.15) is 5.65 Å². The van der Waals surface area contributed by atoms with Crippen LogP contribution in [0.25, 0.3) is 5.65 Å². The van der Waals surface area contributed by atoms with Crippen LogP contribution in [0.15, 0.2) is 29.2 Å². The van der Waals surface area contributed by atoms with E-state index in [-0.39, 0.29) is 18.2 Å². The molecule has 2 aromatic heterocycles. The number of hydrogen-bond acceptors (Lipinski definition) is 4. The molecule has 0 aromatic carbocycles. The zero-order valence-corrected chi connectivity index (χ0v) is 13.2. The molecule has 1 aliphatic rings. The SMILES string of the molecule is Cc1cccn2c(=O)cc(CN3C(C)CCCC3CO)nc12. The third kappa shape index (κ3) is 2.78. The molecule has 5 nitrogen and oxygen atoms in total. The molecule has 0 spiro atoms. The molecule has 2 unspecified atom stereocenters. The van der Waals surface area contributed by atoms with Crippen molar-refractivity contribution in [3.63, 3.8) is 0 Å². The Morgan fingerprint density at radius 3 is 3.00 bits per heavy atom. The smallest absolute Gasteiger partial charge is 0.258 e. The van der Waals surface area contributed by atoms with Crippen molar-refractivity contribution < 1.29 is 5.11 Å². The lowest BCUT2D eigenvalue weighted by molar-refractivity contribution is 0.0442. The molecule has 0 aliphatic carbocycles. The maximum Gasteiger partial charge on any atom is 0.258 e. The highest BCUT2D eigenvalue weighted by molar-refractivity contribution is 5.46. The van der Waals surface area contributed by atoms with E-state index < -0.39 is 0 Å². The molecule has 22 heavy (non-hydrogen) atoms. The number of pyridine rings is 1. The van der Waals surface area contributed by atoms with E-state index in [1.54, 1.807) is 16.7 Å². The maximum absolute atomic E-state index is 12.3. The Labute approximate surface area is 130 Å². The minimum absolute atomic E-state index is 0.0473. The standard InChI is InChI=1S/C17H23N3O2/c1-12-5-4-8-19-16(22)9-14(18-17(12)19)10-20-13(2)6-3-7-15(20)11-21/h4-5,8-9,13,15,21H,3,6-7,10-11H2,1-2H3. The first-order valence-corrected chi connectivity index (χ1v) is 7.94. The zero-order chi connectivity index (χ0) is 15.7. The number of piperidine rings is 1. The van der Waals surface area contributed by atoms with Crippen molar-refractivity contribution in [2.24, 2.45) is 0 Å². The van der Waals surface area contributed by atoms with Crippen LogP contribution in [0.3, 0.4) is 0 Å². The predicted octanol–water partition coefficient (Wildman–Crippen LogP) is 1.74. The lowest BCUT2D eigenvalue weighted by Gasteiger charge is -2.39. The van der Waals surface area contributed by atoms with Crippen molar-refractivity contribution in [3.8, 4) is 0 Å². The minimum Gasteiger partial charge on any atom is -0.395 e. The van der Waals surface area contributed by atoms with E-state index in [0.717, 1.165) is 36.2 Å². The van der Waals surface area contributed by atoms with Gasteiger partial charge in [0.25, 0.3) is 5.56 Å². The number of likely N-dealkylation sites (tertiary alicyclic amines) is 1. The van der Waals surface area contributed by atoms with Gasteiger partial charge in [0, 0.05) is 30.9 Å². The van der Waals surface area contributed by atoms with Crippen LogP contribution in [-0.2, 0) is 6.54 Å². The second-order valence-corrected chi connectivity index (χ2v) is 6.26. The lowest BCUT2D eigenvalue weighted by atomic mass is 9.96. The van der Waals surface area contributed by atoms with Crippen LogP contribution < -0.4 is 5.56 Å². The number of aliphatic hydroxyl groups is 1. The Morgan fingerprint density at radius 2 is 2.23 bits per heavy atom. The number of fused-ring (bicyclic) bond motifs is 1. The van der Waals surface area contributed by atoms with Gasteiger partial charge in [-0.2, -0.15) is 0 Å². The molecule has 0 saturated carbocycles. The molecule has 118 valence electrons. The van der Waals surface area contributed by atoms with Gasteiger partial charge in [-0.1, -0.05) is 12.5 Å². The fraction of sp³-hybridized carbons (Fsp3) is 0.529. The van der Waals surface area contributed by atoms with Crippen LogP contribution in [0, 0.1) is 6.92 Å². The minimum atomic E-state index is -0.0473. The first-order valence-electron chi connectivity index (χ1n) is 7.94. The molecule has 0 radical (unpaired) electrons. The van der Waals surface area contributed by atoms with E-state index in [1.165, 1.54) is 0 Å². The van der Waals surface area contributed by atoms with E-state index >= 15 is 0 Å². The molecule has 1 fully saturated rings. The van der Waals surface area contributed by atoms with Gasteiger partial charge in [-0.15, -0.1) is 0 Å². The van der Waals surface area contributed by atoms with Gasteiger partial charge in [0.05, 0.1) is 12.3 Å². The fourth-order valence-electron chi connectivity index (χ4n) is 3.40. The molecular formula is C17H23N3O2. The fourth-order valence-corrected chi connectivity index (χ4v) is 3.40. The molecule has 2 aromatic rings. The van der Waals surface area contributed by atoms with Gasteiger partial charge in [0.15, 0.2) is 0 Å². The monoisotopic (exact) mass is 301 g/mol. The molecule has 3 rings (SSSR count). The molecule has 1 aliphatic heterocycles. The third-order valence-corrected chi connectivity index (χ3v) is 4.69. The molecule has 1 saturated heterocycles. The van der Waals surface area contributed by atoms with Crippen molar-refractivity contribution >= 4 is 5.65 Å². The number of aromatic nitrogens is 2. The van der Waals surface area contributed by atoms with Gasteiger partial charge in [-0.05, 0) is 38.3 Å². The van der Waals surface area contributed by atoms with Crippen molar-refractivity contribution in [2.45, 2.75) is 51.7 Å². The second-order valence-electron chi connectivity index (χ2n) is 6.26. The van der Waals surface area contributed by atoms with Gasteiger partial charge in [-0.3, -0.25) is 14.1 Å². The highest BCUT2D eigenvalue weighted by Crippen LogP contribution is 2.24. The molecule has 3 heterocycles. The van der Waals surface area contributed by atoms with Crippen molar-refractivity contribution in [1.82, 2.24) is 14.3 Å². The molecule has 5 heteroatoms. The van der Waals surface area contributed by atoms with Crippen LogP contribution in [0.4, 0.5) is 0 Å². The van der Waals surface area contributed by atoms with Crippen LogP contribution >= 0.6 is 0 Å². The first kappa shape index (κ1) is 15.2. The second kappa shape index (κ2) is 6.18. The predicted molar refractivity (Wildman–Crippen MR) is 85.9 cm³/mol. The Kier molecular flexibility index (Phi) is 4.27. The van der Waals surface area contributed by atoms with Gasteiger partial charge >= 0.3 is 0 Å². The summed E-state index contributed by atoms with van der Waals surface area (Å²) in [4.78, 5) is 19.2. The van der Waals surface area contributed by atoms with Crippen LogP contribution in [0.2, 0.25) is 0 Å². The van der Waals surface area contributed by atoms with Gasteiger partial charge in [-0.25, -0.2) is 4.98 Å². The number of rotatable bonds is 3. The van der Waals surface area contributed by atoms with Crippen molar-refractivity contribution in [2.75, 3.05) is 6.61 Å². The maximum atomic E-state index is 12.3. The van der Waals surface area contributed by atoms with Gasteiger partial charge in [0.2, 0.25) is 0 Å². The number of hydrogen-bond donors (Lipinski definition) is 1. The molecular weight excluding hydrogens is 278 g/mol. The van der Waals surface area contributed by atoms with Crippen molar-refractivity contribution in [3.05, 3.63) is 46.0 Å². The summed E-state index contributed by atoms with van der Waals surface area (Å²) in [5.74, 6) is 0. The Morgan fingerprint density at radius 1 is 1.41 bits per heavy atom. The first-order chi connectivity index (χ1) is 10.6. The van der Waals surface area contributed by atoms with E-state index in [4.69, 9.17) is 0 Å². The molecule has 1 N–H and O–H groups in total. The van der Waals surface area contributed by atoms with Gasteiger partial charge < -0.3 is 5.11 Å². The highest BCUT2D eigenvalue weighted by atomic mass is 16.3. The van der Waals surface area contributed by atoms with E-state index in [9.17, 15) is 9.90 Å². The Bertz CT molecular complexity index is 725. The average molecular weight is 301 g/mol. The largest absolute Gasteiger partial charge is 0.395 e. The van der Waals surface area contributed by atoms with Crippen LogP contribution in [-0.4, -0.2) is 38.1 Å². The van der Waals surface area contributed by atoms with Crippen LogP contribution in [0.1, 0.15) is 37.4 Å². The normalized spacial score (nSPS) is 23.0. The average Bonchev–Trinajstić information content (AvgIpc) is 2.50. The molecule has 0 amide bonds. The Hall–Kier alpha value is -1.72. The summed E-state index contributed by atoms with van der Waals surface area (Å²) in [5.41, 5.74) is 2.45. The topological polar surface area (TPSA) is 57.8 Å². The van der Waals surface area contributed by atoms with Crippen molar-refractivity contribution in [1.29, 1.82) is 0 Å². The number of nitrogens with zero attached hydrogens (tertiary/aromatic N) is 3. The summed E-state index contributed by atoms with van der Waals surface area (Å²) in [6.07, 6.45) is 5.03. The van der Waals surface area contributed by atoms with E-state index in [0.29, 0.717) is 12.6 Å².